The normalized spacial score (nSPS) is 18.8. The zero-order chi connectivity index (χ0) is 22.6. The Morgan fingerprint density at radius 3 is 2.00 bits per heavy atom. The maximum Gasteiger partial charge on any atom is 0.139 e. The number of para-hydroxylation sites is 1. The zero-order valence-electron chi connectivity index (χ0n) is 18.8. The van der Waals surface area contributed by atoms with Gasteiger partial charge in [-0.2, -0.15) is 0 Å². The first-order chi connectivity index (χ1) is 16.2. The van der Waals surface area contributed by atoms with Crippen molar-refractivity contribution in [3.05, 3.63) is 106 Å². The predicted molar refractivity (Wildman–Crippen MR) is 138 cm³/mol. The summed E-state index contributed by atoms with van der Waals surface area (Å²) in [6, 6.07) is 25.6. The molecule has 3 nitrogen and oxygen atoms in total. The first-order valence-corrected chi connectivity index (χ1v) is 12.7. The summed E-state index contributed by atoms with van der Waals surface area (Å²) in [5, 5.41) is 2.94. The number of hydrogen-bond donors (Lipinski definition) is 3. The van der Waals surface area contributed by atoms with E-state index < -0.39 is 0 Å². The number of halogens is 2. The Labute approximate surface area is 205 Å². The summed E-state index contributed by atoms with van der Waals surface area (Å²) in [4.78, 5) is 6.76. The van der Waals surface area contributed by atoms with Crippen LogP contribution in [0.2, 0.25) is 10.0 Å². The van der Waals surface area contributed by atoms with E-state index in [1.807, 2.05) is 24.3 Å². The summed E-state index contributed by atoms with van der Waals surface area (Å²) in [6.45, 7) is 5.98. The van der Waals surface area contributed by atoms with Crippen LogP contribution in [0.5, 0.6) is 0 Å². The van der Waals surface area contributed by atoms with Crippen molar-refractivity contribution in [2.75, 3.05) is 32.7 Å². The molecule has 0 unspecified atom stereocenters. The van der Waals surface area contributed by atoms with Crippen LogP contribution in [0.3, 0.4) is 0 Å². The van der Waals surface area contributed by atoms with Gasteiger partial charge in [0, 0.05) is 44.7 Å². The summed E-state index contributed by atoms with van der Waals surface area (Å²) >= 11 is 12.4. The molecule has 3 N–H and O–H groups in total. The van der Waals surface area contributed by atoms with E-state index in [-0.39, 0.29) is 0 Å². The molecule has 1 aromatic heterocycles. The lowest BCUT2D eigenvalue weighted by atomic mass is 9.96. The van der Waals surface area contributed by atoms with Gasteiger partial charge < -0.3 is 14.8 Å². The second-order valence-corrected chi connectivity index (χ2v) is 10.0. The monoisotopic (exact) mass is 479 g/mol. The fourth-order valence-electron chi connectivity index (χ4n) is 5.30. The molecule has 0 atom stereocenters. The van der Waals surface area contributed by atoms with Crippen LogP contribution in [0.25, 0.3) is 10.9 Å². The molecule has 1 aliphatic heterocycles. The number of aromatic nitrogens is 1. The molecule has 0 spiro atoms. The van der Waals surface area contributed by atoms with E-state index in [1.165, 1.54) is 66.7 Å². The Hall–Kier alpha value is -2.30. The number of benzene rings is 3. The Bertz CT molecular complexity index is 1130. The van der Waals surface area contributed by atoms with Gasteiger partial charge in [-0.3, -0.25) is 0 Å². The number of aromatic amines is 1. The molecule has 0 saturated carbocycles. The number of fused-ring (bicyclic) bond motifs is 1. The number of aryl methyl sites for hydroxylation is 1. The quantitative estimate of drug-likeness (QED) is 0.357. The van der Waals surface area contributed by atoms with Gasteiger partial charge in [0.25, 0.3) is 0 Å². The third kappa shape index (κ3) is 5.28. The predicted octanol–water partition coefficient (Wildman–Crippen LogP) is 3.98. The summed E-state index contributed by atoms with van der Waals surface area (Å²) in [5.74, 6) is 0. The molecule has 5 heteroatoms. The molecule has 2 heterocycles. The fraction of sp³-hybridized carbons (Fsp3) is 0.286. The summed E-state index contributed by atoms with van der Waals surface area (Å²) in [6.07, 6.45) is 4.55. The molecule has 0 amide bonds. The van der Waals surface area contributed by atoms with E-state index >= 15 is 0 Å². The largest absolute Gasteiger partial charge is 0.361 e. The van der Waals surface area contributed by atoms with Crippen molar-refractivity contribution >= 4 is 34.1 Å². The van der Waals surface area contributed by atoms with E-state index in [1.54, 1.807) is 9.80 Å². The SMILES string of the molecule is Clc1ccc(C(c2ccc(Cl)cc2)[NH+]2CC[NH+](CCCc3c[nH]c4ccccc34)CC2)cc1. The molecule has 1 fully saturated rings. The lowest BCUT2D eigenvalue weighted by Crippen LogP contribution is -3.28. The van der Waals surface area contributed by atoms with Crippen LogP contribution in [-0.4, -0.2) is 37.7 Å². The first kappa shape index (κ1) is 22.5. The molecule has 5 rings (SSSR count). The molecule has 3 aromatic carbocycles. The Balaban J connectivity index is 1.21. The smallest absolute Gasteiger partial charge is 0.139 e. The maximum absolute atomic E-state index is 6.18. The molecule has 1 aliphatic rings. The third-order valence-corrected chi connectivity index (χ3v) is 7.57. The van der Waals surface area contributed by atoms with Crippen molar-refractivity contribution < 1.29 is 9.80 Å². The molecular formula is C28H31Cl2N3+2. The van der Waals surface area contributed by atoms with Crippen LogP contribution >= 0.6 is 23.2 Å². The second kappa shape index (κ2) is 10.3. The van der Waals surface area contributed by atoms with Crippen molar-refractivity contribution in [1.82, 2.24) is 4.98 Å². The van der Waals surface area contributed by atoms with E-state index in [2.05, 4.69) is 59.7 Å². The minimum atomic E-state index is 0.312. The van der Waals surface area contributed by atoms with E-state index in [9.17, 15) is 0 Å². The highest BCUT2D eigenvalue weighted by molar-refractivity contribution is 6.30. The number of rotatable bonds is 7. The average molecular weight is 480 g/mol. The fourth-order valence-corrected chi connectivity index (χ4v) is 5.56. The van der Waals surface area contributed by atoms with Gasteiger partial charge in [0.2, 0.25) is 0 Å². The summed E-state index contributed by atoms with van der Waals surface area (Å²) in [7, 11) is 0. The van der Waals surface area contributed by atoms with Crippen LogP contribution in [0, 0.1) is 0 Å². The van der Waals surface area contributed by atoms with Gasteiger partial charge in [0.1, 0.15) is 32.2 Å². The molecule has 170 valence electrons. The van der Waals surface area contributed by atoms with E-state index in [0.29, 0.717) is 6.04 Å². The Morgan fingerprint density at radius 1 is 0.758 bits per heavy atom. The van der Waals surface area contributed by atoms with Crippen molar-refractivity contribution in [2.24, 2.45) is 0 Å². The van der Waals surface area contributed by atoms with Gasteiger partial charge in [-0.15, -0.1) is 0 Å². The third-order valence-electron chi connectivity index (χ3n) is 7.07. The Morgan fingerprint density at radius 2 is 1.36 bits per heavy atom. The minimum Gasteiger partial charge on any atom is -0.361 e. The van der Waals surface area contributed by atoms with Gasteiger partial charge in [-0.25, -0.2) is 0 Å². The second-order valence-electron chi connectivity index (χ2n) is 9.16. The van der Waals surface area contributed by atoms with Gasteiger partial charge >= 0.3 is 0 Å². The summed E-state index contributed by atoms with van der Waals surface area (Å²) < 4.78 is 0. The number of piperazine rings is 1. The Kier molecular flexibility index (Phi) is 7.03. The number of H-pyrrole nitrogens is 1. The van der Waals surface area contributed by atoms with Crippen LogP contribution in [-0.2, 0) is 6.42 Å². The topological polar surface area (TPSA) is 24.7 Å². The first-order valence-electron chi connectivity index (χ1n) is 11.9. The van der Waals surface area contributed by atoms with Crippen molar-refractivity contribution in [3.63, 3.8) is 0 Å². The molecule has 0 bridgehead atoms. The lowest BCUT2D eigenvalue weighted by molar-refractivity contribution is -1.02. The van der Waals surface area contributed by atoms with Gasteiger partial charge in [-0.1, -0.05) is 65.7 Å². The molecule has 0 aliphatic carbocycles. The van der Waals surface area contributed by atoms with Crippen LogP contribution in [0.4, 0.5) is 0 Å². The molecule has 0 radical (unpaired) electrons. The standard InChI is InChI=1S/C28H29Cl2N3/c29-24-11-7-21(8-12-24)28(22-9-13-25(30)14-10-22)33-18-16-32(17-19-33)15-3-4-23-20-31-27-6-2-1-5-26(23)27/h1-2,5-14,20,28,31H,3-4,15-19H2/p+2. The number of hydrogen-bond acceptors (Lipinski definition) is 0. The number of quaternary nitrogens is 2. The molecular weight excluding hydrogens is 449 g/mol. The van der Waals surface area contributed by atoms with Crippen LogP contribution in [0.15, 0.2) is 79.0 Å². The van der Waals surface area contributed by atoms with Crippen molar-refractivity contribution in [3.8, 4) is 0 Å². The van der Waals surface area contributed by atoms with Crippen molar-refractivity contribution in [1.29, 1.82) is 0 Å². The number of nitrogens with one attached hydrogen (secondary N) is 3. The lowest BCUT2D eigenvalue weighted by Gasteiger charge is -2.35. The van der Waals surface area contributed by atoms with Gasteiger partial charge in [-0.05, 0) is 42.3 Å². The molecule has 1 saturated heterocycles. The highest BCUT2D eigenvalue weighted by Gasteiger charge is 2.31. The van der Waals surface area contributed by atoms with Crippen molar-refractivity contribution in [2.45, 2.75) is 18.9 Å². The average Bonchev–Trinajstić information content (AvgIpc) is 3.26. The minimum absolute atomic E-state index is 0.312. The molecule has 33 heavy (non-hydrogen) atoms. The maximum atomic E-state index is 6.18. The zero-order valence-corrected chi connectivity index (χ0v) is 20.3. The van der Waals surface area contributed by atoms with E-state index in [0.717, 1.165) is 16.5 Å². The van der Waals surface area contributed by atoms with Crippen LogP contribution < -0.4 is 9.80 Å². The van der Waals surface area contributed by atoms with E-state index in [4.69, 9.17) is 23.2 Å². The summed E-state index contributed by atoms with van der Waals surface area (Å²) in [5.41, 5.74) is 5.33. The highest BCUT2D eigenvalue weighted by Crippen LogP contribution is 2.23. The van der Waals surface area contributed by atoms with Crippen LogP contribution in [0.1, 0.15) is 29.2 Å². The van der Waals surface area contributed by atoms with Gasteiger partial charge in [0.05, 0.1) is 6.54 Å². The highest BCUT2D eigenvalue weighted by atomic mass is 35.5. The molecule has 4 aromatic rings. The van der Waals surface area contributed by atoms with Gasteiger partial charge in [0.15, 0.2) is 0 Å².